The normalized spacial score (nSPS) is 23.8. The Morgan fingerprint density at radius 1 is 1.36 bits per heavy atom. The number of cyclic esters (lactones) is 1. The highest BCUT2D eigenvalue weighted by atomic mass is 16.6. The molecule has 1 aromatic rings. The van der Waals surface area contributed by atoms with E-state index in [-0.39, 0.29) is 19.1 Å². The van der Waals surface area contributed by atoms with Gasteiger partial charge in [0.1, 0.15) is 30.1 Å². The summed E-state index contributed by atoms with van der Waals surface area (Å²) < 4.78 is 9.94. The lowest BCUT2D eigenvalue weighted by molar-refractivity contribution is -0.132. The summed E-state index contributed by atoms with van der Waals surface area (Å²) in [4.78, 5) is 30.6. The van der Waals surface area contributed by atoms with Crippen molar-refractivity contribution in [3.63, 3.8) is 0 Å². The zero-order valence-electron chi connectivity index (χ0n) is 12.3. The predicted octanol–water partition coefficient (Wildman–Crippen LogP) is 1.41. The number of carbonyl (C=O) groups is 2. The third kappa shape index (κ3) is 2.38. The van der Waals surface area contributed by atoms with Crippen molar-refractivity contribution in [2.45, 2.75) is 13.0 Å². The molecule has 116 valence electrons. The molecule has 0 radical (unpaired) electrons. The molecular formula is C15H16N2O5. The van der Waals surface area contributed by atoms with Gasteiger partial charge in [0.05, 0.1) is 13.7 Å². The second kappa shape index (κ2) is 5.67. The molecule has 3 rings (SSSR count). The van der Waals surface area contributed by atoms with Gasteiger partial charge in [-0.3, -0.25) is 4.79 Å². The van der Waals surface area contributed by atoms with Crippen LogP contribution in [-0.4, -0.2) is 49.0 Å². The first-order valence-electron chi connectivity index (χ1n) is 6.98. The van der Waals surface area contributed by atoms with Gasteiger partial charge in [-0.15, -0.1) is 0 Å². The van der Waals surface area contributed by atoms with E-state index >= 15 is 0 Å². The Hall–Kier alpha value is -2.57. The number of hydrogen-bond donors (Lipinski definition) is 0. The van der Waals surface area contributed by atoms with Gasteiger partial charge >= 0.3 is 6.09 Å². The molecular weight excluding hydrogens is 288 g/mol. The molecule has 2 aliphatic rings. The molecule has 22 heavy (non-hydrogen) atoms. The van der Waals surface area contributed by atoms with Crippen molar-refractivity contribution in [2.24, 2.45) is 11.1 Å². The van der Waals surface area contributed by atoms with Crippen LogP contribution in [0.4, 0.5) is 4.79 Å². The van der Waals surface area contributed by atoms with Crippen LogP contribution in [0.2, 0.25) is 0 Å². The van der Waals surface area contributed by atoms with E-state index in [2.05, 4.69) is 5.16 Å². The van der Waals surface area contributed by atoms with Crippen molar-refractivity contribution >= 4 is 17.7 Å². The van der Waals surface area contributed by atoms with Crippen LogP contribution in [-0.2, 0) is 14.4 Å². The Balaban J connectivity index is 1.86. The van der Waals surface area contributed by atoms with Crippen LogP contribution in [0, 0.1) is 5.92 Å². The second-order valence-corrected chi connectivity index (χ2v) is 5.10. The molecule has 2 aliphatic heterocycles. The minimum absolute atomic E-state index is 0.224. The highest BCUT2D eigenvalue weighted by Gasteiger charge is 2.43. The van der Waals surface area contributed by atoms with E-state index in [1.54, 1.807) is 26.2 Å². The first-order chi connectivity index (χ1) is 10.6. The lowest BCUT2D eigenvalue weighted by Crippen LogP contribution is -2.42. The van der Waals surface area contributed by atoms with E-state index in [0.717, 1.165) is 10.5 Å². The van der Waals surface area contributed by atoms with Crippen molar-refractivity contribution in [2.75, 3.05) is 20.3 Å². The minimum atomic E-state index is -0.626. The number of ether oxygens (including phenoxy) is 2. The minimum Gasteiger partial charge on any atom is -0.497 e. The number of carbonyl (C=O) groups excluding carboxylic acids is 2. The molecule has 2 heterocycles. The molecule has 0 spiro atoms. The maximum atomic E-state index is 12.6. The Morgan fingerprint density at radius 3 is 2.68 bits per heavy atom. The van der Waals surface area contributed by atoms with Gasteiger partial charge in [0.25, 0.3) is 0 Å². The van der Waals surface area contributed by atoms with E-state index in [1.807, 2.05) is 12.1 Å². The first kappa shape index (κ1) is 14.4. The molecule has 0 bridgehead atoms. The van der Waals surface area contributed by atoms with E-state index in [4.69, 9.17) is 14.3 Å². The van der Waals surface area contributed by atoms with Crippen molar-refractivity contribution in [1.29, 1.82) is 0 Å². The molecule has 1 fully saturated rings. The van der Waals surface area contributed by atoms with E-state index < -0.39 is 18.1 Å². The maximum absolute atomic E-state index is 12.6. The monoisotopic (exact) mass is 304 g/mol. The third-order valence-corrected chi connectivity index (χ3v) is 3.76. The Bertz CT molecular complexity index is 625. The average Bonchev–Trinajstić information content (AvgIpc) is 3.13. The largest absolute Gasteiger partial charge is 0.497 e. The van der Waals surface area contributed by atoms with Crippen LogP contribution in [0.1, 0.15) is 12.5 Å². The molecule has 0 saturated carbocycles. The van der Waals surface area contributed by atoms with Crippen LogP contribution in [0.25, 0.3) is 0 Å². The molecule has 0 unspecified atom stereocenters. The SMILES string of the molecule is COc1ccc(C2=NO[C@@H](C)[C@@H]2C(=O)N2CCOC2=O)cc1. The van der Waals surface area contributed by atoms with E-state index in [9.17, 15) is 9.59 Å². The zero-order valence-corrected chi connectivity index (χ0v) is 12.3. The van der Waals surface area contributed by atoms with Gasteiger partial charge in [-0.25, -0.2) is 9.69 Å². The fourth-order valence-corrected chi connectivity index (χ4v) is 2.55. The van der Waals surface area contributed by atoms with E-state index in [1.165, 1.54) is 0 Å². The maximum Gasteiger partial charge on any atom is 0.416 e. The third-order valence-electron chi connectivity index (χ3n) is 3.76. The molecule has 1 saturated heterocycles. The fourth-order valence-electron chi connectivity index (χ4n) is 2.55. The van der Waals surface area contributed by atoms with Crippen molar-refractivity contribution in [1.82, 2.24) is 4.90 Å². The average molecular weight is 304 g/mol. The summed E-state index contributed by atoms with van der Waals surface area (Å²) in [6, 6.07) is 7.18. The summed E-state index contributed by atoms with van der Waals surface area (Å²) in [6.07, 6.45) is -1.05. The van der Waals surface area contributed by atoms with Gasteiger partial charge in [-0.05, 0) is 31.2 Å². The number of oxime groups is 1. The molecule has 1 aromatic carbocycles. The Morgan fingerprint density at radius 2 is 2.09 bits per heavy atom. The molecule has 2 amide bonds. The van der Waals surface area contributed by atoms with Crippen LogP contribution in [0.3, 0.4) is 0 Å². The van der Waals surface area contributed by atoms with Crippen LogP contribution in [0.15, 0.2) is 29.4 Å². The van der Waals surface area contributed by atoms with Crippen molar-refractivity contribution < 1.29 is 23.9 Å². The summed E-state index contributed by atoms with van der Waals surface area (Å²) in [7, 11) is 1.58. The summed E-state index contributed by atoms with van der Waals surface area (Å²) in [5, 5.41) is 4.02. The summed E-state index contributed by atoms with van der Waals surface area (Å²) in [5.41, 5.74) is 1.27. The Labute approximate surface area is 127 Å². The number of hydrogen-bond acceptors (Lipinski definition) is 6. The number of imide groups is 1. The highest BCUT2D eigenvalue weighted by molar-refractivity contribution is 6.16. The van der Waals surface area contributed by atoms with Gasteiger partial charge in [0.15, 0.2) is 0 Å². The summed E-state index contributed by atoms with van der Waals surface area (Å²) in [5.74, 6) is -0.261. The number of nitrogens with zero attached hydrogens (tertiary/aromatic N) is 2. The standard InChI is InChI=1S/C15H16N2O5/c1-9-12(14(18)17-7-8-21-15(17)19)13(16-22-9)10-3-5-11(20-2)6-4-10/h3-6,9,12H,7-8H2,1-2H3/t9-,12-/m0/s1. The lowest BCUT2D eigenvalue weighted by atomic mass is 9.92. The van der Waals surface area contributed by atoms with Crippen molar-refractivity contribution in [3.8, 4) is 5.75 Å². The van der Waals surface area contributed by atoms with Gasteiger partial charge in [0.2, 0.25) is 5.91 Å². The molecule has 0 aromatic heterocycles. The van der Waals surface area contributed by atoms with E-state index in [0.29, 0.717) is 11.5 Å². The van der Waals surface area contributed by atoms with Gasteiger partial charge in [-0.1, -0.05) is 5.16 Å². The quantitative estimate of drug-likeness (QED) is 0.844. The summed E-state index contributed by atoms with van der Waals surface area (Å²) >= 11 is 0. The smallest absolute Gasteiger partial charge is 0.416 e. The molecule has 7 heteroatoms. The number of rotatable bonds is 3. The van der Waals surface area contributed by atoms with Gasteiger partial charge in [0, 0.05) is 5.56 Å². The lowest BCUT2D eigenvalue weighted by Gasteiger charge is -2.19. The molecule has 7 nitrogen and oxygen atoms in total. The van der Waals surface area contributed by atoms with Crippen LogP contribution >= 0.6 is 0 Å². The topological polar surface area (TPSA) is 77.4 Å². The second-order valence-electron chi connectivity index (χ2n) is 5.10. The van der Waals surface area contributed by atoms with Gasteiger partial charge in [-0.2, -0.15) is 0 Å². The van der Waals surface area contributed by atoms with Gasteiger partial charge < -0.3 is 14.3 Å². The fraction of sp³-hybridized carbons (Fsp3) is 0.400. The highest BCUT2D eigenvalue weighted by Crippen LogP contribution is 2.27. The van der Waals surface area contributed by atoms with Crippen molar-refractivity contribution in [3.05, 3.63) is 29.8 Å². The summed E-state index contributed by atoms with van der Waals surface area (Å²) in [6.45, 7) is 2.24. The molecule has 0 aliphatic carbocycles. The first-order valence-corrected chi connectivity index (χ1v) is 6.98. The van der Waals surface area contributed by atoms with Crippen LogP contribution < -0.4 is 4.74 Å². The van der Waals surface area contributed by atoms with Crippen LogP contribution in [0.5, 0.6) is 5.75 Å². The molecule has 0 N–H and O–H groups in total. The predicted molar refractivity (Wildman–Crippen MR) is 76.6 cm³/mol. The number of benzene rings is 1. The zero-order chi connectivity index (χ0) is 15.7. The Kier molecular flexibility index (Phi) is 3.70. The molecule has 2 atom stereocenters. The number of methoxy groups -OCH3 is 1. The number of amides is 2.